The van der Waals surface area contributed by atoms with Crippen LogP contribution in [-0.4, -0.2) is 13.1 Å². The van der Waals surface area contributed by atoms with Crippen molar-refractivity contribution in [1.82, 2.24) is 0 Å². The van der Waals surface area contributed by atoms with Crippen molar-refractivity contribution < 1.29 is 0 Å². The van der Waals surface area contributed by atoms with Gasteiger partial charge >= 0.3 is 0 Å². The molecule has 0 saturated carbocycles. The summed E-state index contributed by atoms with van der Waals surface area (Å²) in [5, 5.41) is 6.34. The summed E-state index contributed by atoms with van der Waals surface area (Å²) in [6, 6.07) is 17.9. The van der Waals surface area contributed by atoms with Crippen molar-refractivity contribution in [3.8, 4) is 0 Å². The van der Waals surface area contributed by atoms with Crippen LogP contribution < -0.4 is 4.90 Å². The number of fused-ring (bicyclic) bond motifs is 3. The average molecular weight is 398 g/mol. The van der Waals surface area contributed by atoms with Gasteiger partial charge in [0.1, 0.15) is 0 Å². The maximum absolute atomic E-state index is 3.72. The third kappa shape index (κ3) is 3.84. The zero-order valence-electron chi connectivity index (χ0n) is 15.4. The number of rotatable bonds is 8. The van der Waals surface area contributed by atoms with E-state index in [1.165, 1.54) is 58.5 Å². The highest BCUT2D eigenvalue weighted by Crippen LogP contribution is 2.36. The maximum Gasteiger partial charge on any atom is 0.0487 e. The predicted octanol–water partition coefficient (Wildman–Crippen LogP) is 7.29. The number of hydrogen-bond acceptors (Lipinski definition) is 1. The summed E-state index contributed by atoms with van der Waals surface area (Å²) in [4.78, 5) is 2.63. The van der Waals surface area contributed by atoms with Gasteiger partial charge in [-0.1, -0.05) is 91.1 Å². The molecule has 0 aliphatic rings. The first-order valence-corrected chi connectivity index (χ1v) is 10.7. The molecule has 0 aliphatic carbocycles. The molecule has 0 fully saturated rings. The summed E-state index contributed by atoms with van der Waals surface area (Å²) >= 11 is 3.72. The molecule has 25 heavy (non-hydrogen) atoms. The Morgan fingerprint density at radius 1 is 0.760 bits per heavy atom. The zero-order chi connectivity index (χ0) is 17.6. The van der Waals surface area contributed by atoms with Gasteiger partial charge in [-0.25, -0.2) is 0 Å². The zero-order valence-corrected chi connectivity index (χ0v) is 17.0. The average Bonchev–Trinajstić information content (AvgIpc) is 2.67. The Hall–Kier alpha value is -1.54. The van der Waals surface area contributed by atoms with Gasteiger partial charge in [-0.15, -0.1) is 0 Å². The van der Waals surface area contributed by atoms with Crippen LogP contribution in [0.5, 0.6) is 0 Å². The molecule has 3 rings (SSSR count). The highest BCUT2D eigenvalue weighted by atomic mass is 79.9. The van der Waals surface area contributed by atoms with Crippen LogP contribution in [0.4, 0.5) is 5.69 Å². The van der Waals surface area contributed by atoms with E-state index in [4.69, 9.17) is 0 Å². The van der Waals surface area contributed by atoms with Crippen molar-refractivity contribution in [2.45, 2.75) is 44.9 Å². The van der Waals surface area contributed by atoms with Crippen LogP contribution in [0.15, 0.2) is 48.5 Å². The van der Waals surface area contributed by atoms with Crippen LogP contribution in [0.2, 0.25) is 0 Å². The van der Waals surface area contributed by atoms with Crippen molar-refractivity contribution in [3.05, 3.63) is 54.1 Å². The minimum atomic E-state index is 0.903. The molecule has 0 bridgehead atoms. The van der Waals surface area contributed by atoms with Gasteiger partial charge in [-0.2, -0.15) is 0 Å². The summed E-state index contributed by atoms with van der Waals surface area (Å²) in [6.07, 6.45) is 4.96. The first-order chi connectivity index (χ1) is 12.3. The van der Waals surface area contributed by atoms with Crippen LogP contribution in [0, 0.1) is 0 Å². The number of unbranched alkanes of at least 4 members (excludes halogenated alkanes) is 2. The molecule has 3 aromatic carbocycles. The monoisotopic (exact) mass is 397 g/mol. The van der Waals surface area contributed by atoms with Crippen molar-refractivity contribution >= 4 is 43.2 Å². The van der Waals surface area contributed by atoms with Crippen LogP contribution in [0.25, 0.3) is 21.5 Å². The smallest absolute Gasteiger partial charge is 0.0487 e. The lowest BCUT2D eigenvalue weighted by Crippen LogP contribution is -2.26. The summed E-state index contributed by atoms with van der Waals surface area (Å²) in [5.74, 6) is 0. The summed E-state index contributed by atoms with van der Waals surface area (Å²) in [5.41, 5.74) is 2.83. The minimum absolute atomic E-state index is 0.903. The van der Waals surface area contributed by atoms with Gasteiger partial charge in [0, 0.05) is 29.5 Å². The van der Waals surface area contributed by atoms with Crippen molar-refractivity contribution in [2.75, 3.05) is 18.0 Å². The normalized spacial score (nSPS) is 11.3. The Labute approximate surface area is 160 Å². The van der Waals surface area contributed by atoms with Crippen LogP contribution in [-0.2, 0) is 5.33 Å². The minimum Gasteiger partial charge on any atom is -0.371 e. The van der Waals surface area contributed by atoms with Gasteiger partial charge in [-0.3, -0.25) is 0 Å². The standard InChI is InChI=1S/C23H28BrN/c1-3-5-15-25(16-6-4-2)23-19(17-24)12-13-21-20-10-8-7-9-18(20)11-14-22(21)23/h7-14H,3-6,15-17H2,1-2H3. The van der Waals surface area contributed by atoms with E-state index in [1.807, 2.05) is 0 Å². The van der Waals surface area contributed by atoms with Crippen molar-refractivity contribution in [3.63, 3.8) is 0 Å². The van der Waals surface area contributed by atoms with Gasteiger partial charge in [0.15, 0.2) is 0 Å². The Kier molecular flexibility index (Phi) is 6.36. The Morgan fingerprint density at radius 3 is 2.12 bits per heavy atom. The number of anilines is 1. The lowest BCUT2D eigenvalue weighted by Gasteiger charge is -2.28. The molecule has 0 aromatic heterocycles. The van der Waals surface area contributed by atoms with E-state index in [0.717, 1.165) is 18.4 Å². The second kappa shape index (κ2) is 8.71. The first kappa shape index (κ1) is 18.3. The first-order valence-electron chi connectivity index (χ1n) is 9.54. The van der Waals surface area contributed by atoms with Crippen molar-refractivity contribution in [1.29, 1.82) is 0 Å². The summed E-state index contributed by atoms with van der Waals surface area (Å²) in [6.45, 7) is 6.84. The van der Waals surface area contributed by atoms with E-state index in [9.17, 15) is 0 Å². The SMILES string of the molecule is CCCCN(CCCC)c1c(CBr)ccc2c1ccc1ccccc12. The third-order valence-electron chi connectivity index (χ3n) is 5.00. The van der Waals surface area contributed by atoms with Gasteiger partial charge in [-0.05, 0) is 34.6 Å². The molecule has 132 valence electrons. The second-order valence-electron chi connectivity index (χ2n) is 6.78. The second-order valence-corrected chi connectivity index (χ2v) is 7.34. The fraction of sp³-hybridized carbons (Fsp3) is 0.391. The molecule has 3 aromatic rings. The molecule has 0 saturated heterocycles. The van der Waals surface area contributed by atoms with E-state index < -0.39 is 0 Å². The Bertz CT molecular complexity index is 832. The molecule has 0 N–H and O–H groups in total. The van der Waals surface area contributed by atoms with Crippen molar-refractivity contribution in [2.24, 2.45) is 0 Å². The van der Waals surface area contributed by atoms with Gasteiger partial charge < -0.3 is 4.90 Å². The number of benzene rings is 3. The molecule has 0 spiro atoms. The van der Waals surface area contributed by atoms with E-state index in [1.54, 1.807) is 0 Å². The van der Waals surface area contributed by atoms with Crippen LogP contribution in [0.3, 0.4) is 0 Å². The molecule has 0 atom stereocenters. The molecular formula is C23H28BrN. The lowest BCUT2D eigenvalue weighted by molar-refractivity contribution is 0.678. The highest BCUT2D eigenvalue weighted by molar-refractivity contribution is 9.08. The topological polar surface area (TPSA) is 3.24 Å². The number of halogens is 1. The van der Waals surface area contributed by atoms with E-state index in [2.05, 4.69) is 83.2 Å². The molecule has 0 radical (unpaired) electrons. The predicted molar refractivity (Wildman–Crippen MR) is 116 cm³/mol. The van der Waals surface area contributed by atoms with Gasteiger partial charge in [0.2, 0.25) is 0 Å². The third-order valence-corrected chi connectivity index (χ3v) is 5.61. The van der Waals surface area contributed by atoms with E-state index >= 15 is 0 Å². The van der Waals surface area contributed by atoms with Gasteiger partial charge in [0.05, 0.1) is 0 Å². The van der Waals surface area contributed by atoms with Crippen LogP contribution in [0.1, 0.15) is 45.1 Å². The maximum atomic E-state index is 3.72. The molecular weight excluding hydrogens is 370 g/mol. The molecule has 0 aliphatic heterocycles. The Morgan fingerprint density at radius 2 is 1.44 bits per heavy atom. The fourth-order valence-electron chi connectivity index (χ4n) is 3.63. The lowest BCUT2D eigenvalue weighted by atomic mass is 9.97. The van der Waals surface area contributed by atoms with E-state index in [0.29, 0.717) is 0 Å². The van der Waals surface area contributed by atoms with Crippen LogP contribution >= 0.6 is 15.9 Å². The largest absolute Gasteiger partial charge is 0.371 e. The Balaban J connectivity index is 2.20. The molecule has 0 unspecified atom stereocenters. The molecule has 2 heteroatoms. The van der Waals surface area contributed by atoms with E-state index in [-0.39, 0.29) is 0 Å². The fourth-order valence-corrected chi connectivity index (χ4v) is 4.08. The number of hydrogen-bond donors (Lipinski definition) is 0. The molecule has 0 amide bonds. The summed E-state index contributed by atoms with van der Waals surface area (Å²) < 4.78 is 0. The molecule has 1 nitrogen and oxygen atoms in total. The number of nitrogens with zero attached hydrogens (tertiary/aromatic N) is 1. The quantitative estimate of drug-likeness (QED) is 0.284. The number of alkyl halides is 1. The van der Waals surface area contributed by atoms with Gasteiger partial charge in [0.25, 0.3) is 0 Å². The molecule has 0 heterocycles. The summed E-state index contributed by atoms with van der Waals surface area (Å²) in [7, 11) is 0. The highest BCUT2D eigenvalue weighted by Gasteiger charge is 2.15.